The van der Waals surface area contributed by atoms with Crippen molar-refractivity contribution in [2.75, 3.05) is 18.0 Å². The second-order valence-electron chi connectivity index (χ2n) is 6.60. The van der Waals surface area contributed by atoms with Crippen LogP contribution in [0.4, 0.5) is 5.82 Å². The SMILES string of the molecule is CC(NC1CCN(c2ccncn2)CC1)c1ccc2[nH]c(=O)[nH]c2c1. The van der Waals surface area contributed by atoms with Crippen LogP contribution in [0, 0.1) is 0 Å². The lowest BCUT2D eigenvalue weighted by atomic mass is 10.0. The van der Waals surface area contributed by atoms with E-state index in [1.54, 1.807) is 12.5 Å². The van der Waals surface area contributed by atoms with Crippen LogP contribution in [0.3, 0.4) is 0 Å². The molecule has 0 spiro atoms. The topological polar surface area (TPSA) is 89.7 Å². The van der Waals surface area contributed by atoms with Gasteiger partial charge in [-0.15, -0.1) is 0 Å². The van der Waals surface area contributed by atoms with E-state index in [4.69, 9.17) is 0 Å². The first-order valence-corrected chi connectivity index (χ1v) is 8.68. The van der Waals surface area contributed by atoms with E-state index in [1.807, 2.05) is 18.2 Å². The van der Waals surface area contributed by atoms with Gasteiger partial charge in [0.2, 0.25) is 0 Å². The molecule has 0 bridgehead atoms. The van der Waals surface area contributed by atoms with Crippen LogP contribution >= 0.6 is 0 Å². The third-order valence-corrected chi connectivity index (χ3v) is 4.91. The summed E-state index contributed by atoms with van der Waals surface area (Å²) in [5, 5.41) is 3.72. The Labute approximate surface area is 145 Å². The molecule has 1 fully saturated rings. The predicted molar refractivity (Wildman–Crippen MR) is 97.7 cm³/mol. The van der Waals surface area contributed by atoms with Gasteiger partial charge in [-0.3, -0.25) is 0 Å². The summed E-state index contributed by atoms with van der Waals surface area (Å²) < 4.78 is 0. The number of hydrogen-bond donors (Lipinski definition) is 3. The van der Waals surface area contributed by atoms with Gasteiger partial charge in [0.25, 0.3) is 0 Å². The second kappa shape index (κ2) is 6.68. The molecular weight excluding hydrogens is 316 g/mol. The van der Waals surface area contributed by atoms with Crippen molar-refractivity contribution >= 4 is 16.9 Å². The van der Waals surface area contributed by atoms with Crippen LogP contribution in [-0.2, 0) is 0 Å². The van der Waals surface area contributed by atoms with Gasteiger partial charge in [-0.1, -0.05) is 6.07 Å². The maximum absolute atomic E-state index is 11.4. The Kier molecular flexibility index (Phi) is 4.23. The molecule has 1 unspecified atom stereocenters. The van der Waals surface area contributed by atoms with Gasteiger partial charge in [0.1, 0.15) is 12.1 Å². The summed E-state index contributed by atoms with van der Waals surface area (Å²) >= 11 is 0. The zero-order chi connectivity index (χ0) is 17.2. The summed E-state index contributed by atoms with van der Waals surface area (Å²) in [7, 11) is 0. The van der Waals surface area contributed by atoms with E-state index in [-0.39, 0.29) is 11.7 Å². The first kappa shape index (κ1) is 15.8. The minimum absolute atomic E-state index is 0.162. The number of H-pyrrole nitrogens is 2. The van der Waals surface area contributed by atoms with Crippen LogP contribution in [0.2, 0.25) is 0 Å². The molecule has 7 heteroatoms. The maximum atomic E-state index is 11.4. The first-order valence-electron chi connectivity index (χ1n) is 8.68. The van der Waals surface area contributed by atoms with Gasteiger partial charge < -0.3 is 20.2 Å². The van der Waals surface area contributed by atoms with E-state index in [1.165, 1.54) is 5.56 Å². The molecule has 0 saturated carbocycles. The van der Waals surface area contributed by atoms with Gasteiger partial charge in [-0.25, -0.2) is 14.8 Å². The van der Waals surface area contributed by atoms with Crippen molar-refractivity contribution in [1.29, 1.82) is 0 Å². The summed E-state index contributed by atoms with van der Waals surface area (Å²) in [5.74, 6) is 1.00. The minimum atomic E-state index is -0.162. The lowest BCUT2D eigenvalue weighted by Crippen LogP contribution is -2.43. The minimum Gasteiger partial charge on any atom is -0.356 e. The molecule has 0 amide bonds. The van der Waals surface area contributed by atoms with Gasteiger partial charge in [-0.05, 0) is 43.5 Å². The van der Waals surface area contributed by atoms with Crippen LogP contribution in [0.15, 0.2) is 41.6 Å². The second-order valence-corrected chi connectivity index (χ2v) is 6.60. The molecule has 7 nitrogen and oxygen atoms in total. The highest BCUT2D eigenvalue weighted by molar-refractivity contribution is 5.75. The van der Waals surface area contributed by atoms with E-state index in [9.17, 15) is 4.79 Å². The molecular formula is C18H22N6O. The quantitative estimate of drug-likeness (QED) is 0.677. The normalized spacial score (nSPS) is 17.1. The third kappa shape index (κ3) is 3.41. The Balaban J connectivity index is 1.38. The fraction of sp³-hybridized carbons (Fsp3) is 0.389. The third-order valence-electron chi connectivity index (χ3n) is 4.91. The Morgan fingerprint density at radius 1 is 1.20 bits per heavy atom. The molecule has 25 heavy (non-hydrogen) atoms. The lowest BCUT2D eigenvalue weighted by Gasteiger charge is -2.34. The Hall–Kier alpha value is -2.67. The van der Waals surface area contributed by atoms with E-state index >= 15 is 0 Å². The van der Waals surface area contributed by atoms with Crippen molar-refractivity contribution in [1.82, 2.24) is 25.3 Å². The largest absolute Gasteiger partial charge is 0.356 e. The number of rotatable bonds is 4. The van der Waals surface area contributed by atoms with Crippen molar-refractivity contribution in [2.24, 2.45) is 0 Å². The smallest absolute Gasteiger partial charge is 0.323 e. The molecule has 0 aliphatic carbocycles. The highest BCUT2D eigenvalue weighted by Crippen LogP contribution is 2.21. The van der Waals surface area contributed by atoms with E-state index < -0.39 is 0 Å². The maximum Gasteiger partial charge on any atom is 0.323 e. The number of anilines is 1. The van der Waals surface area contributed by atoms with Crippen molar-refractivity contribution in [3.8, 4) is 0 Å². The Morgan fingerprint density at radius 3 is 2.76 bits per heavy atom. The Bertz CT molecular complexity index is 895. The molecule has 1 aromatic carbocycles. The molecule has 3 aromatic rings. The van der Waals surface area contributed by atoms with Crippen molar-refractivity contribution < 1.29 is 0 Å². The van der Waals surface area contributed by atoms with Gasteiger partial charge in [0.05, 0.1) is 11.0 Å². The predicted octanol–water partition coefficient (Wildman–Crippen LogP) is 1.97. The molecule has 3 N–H and O–H groups in total. The average Bonchev–Trinajstić information content (AvgIpc) is 3.02. The molecule has 4 rings (SSSR count). The molecule has 1 aliphatic heterocycles. The number of nitrogens with one attached hydrogen (secondary N) is 3. The highest BCUT2D eigenvalue weighted by Gasteiger charge is 2.21. The zero-order valence-electron chi connectivity index (χ0n) is 14.2. The fourth-order valence-electron chi connectivity index (χ4n) is 3.52. The van der Waals surface area contributed by atoms with Gasteiger partial charge in [0.15, 0.2) is 0 Å². The number of aromatic nitrogens is 4. The number of aromatic amines is 2. The molecule has 1 saturated heterocycles. The number of piperidine rings is 1. The van der Waals surface area contributed by atoms with Crippen molar-refractivity contribution in [2.45, 2.75) is 31.8 Å². The Morgan fingerprint density at radius 2 is 2.00 bits per heavy atom. The van der Waals surface area contributed by atoms with Crippen LogP contribution in [0.1, 0.15) is 31.4 Å². The number of nitrogens with zero attached hydrogens (tertiary/aromatic N) is 3. The lowest BCUT2D eigenvalue weighted by molar-refractivity contribution is 0.380. The van der Waals surface area contributed by atoms with Gasteiger partial charge >= 0.3 is 5.69 Å². The van der Waals surface area contributed by atoms with E-state index in [2.05, 4.69) is 43.1 Å². The van der Waals surface area contributed by atoms with Crippen molar-refractivity contribution in [3.05, 3.63) is 52.8 Å². The standard InChI is InChI=1S/C18H22N6O/c1-12(13-2-3-15-16(10-13)23-18(25)22-15)21-14-5-8-24(9-6-14)17-4-7-19-11-20-17/h2-4,7,10-12,14,21H,5-6,8-9H2,1H3,(H2,22,23,25). The molecule has 0 radical (unpaired) electrons. The molecule has 2 aromatic heterocycles. The van der Waals surface area contributed by atoms with E-state index in [0.717, 1.165) is 42.8 Å². The number of fused-ring (bicyclic) bond motifs is 1. The summed E-state index contributed by atoms with van der Waals surface area (Å²) in [4.78, 5) is 27.6. The number of hydrogen-bond acceptors (Lipinski definition) is 5. The highest BCUT2D eigenvalue weighted by atomic mass is 16.1. The van der Waals surface area contributed by atoms with Crippen LogP contribution in [-0.4, -0.2) is 39.1 Å². The molecule has 1 aliphatic rings. The summed E-state index contributed by atoms with van der Waals surface area (Å²) in [6.07, 6.45) is 5.55. The molecule has 1 atom stereocenters. The monoisotopic (exact) mass is 338 g/mol. The van der Waals surface area contributed by atoms with Crippen LogP contribution in [0.25, 0.3) is 11.0 Å². The zero-order valence-corrected chi connectivity index (χ0v) is 14.2. The van der Waals surface area contributed by atoms with Crippen LogP contribution in [0.5, 0.6) is 0 Å². The molecule has 3 heterocycles. The summed E-state index contributed by atoms with van der Waals surface area (Å²) in [6, 6.07) is 8.75. The van der Waals surface area contributed by atoms with Gasteiger partial charge in [-0.2, -0.15) is 0 Å². The number of benzene rings is 1. The van der Waals surface area contributed by atoms with Crippen molar-refractivity contribution in [3.63, 3.8) is 0 Å². The average molecular weight is 338 g/mol. The fourth-order valence-corrected chi connectivity index (χ4v) is 3.52. The summed E-state index contributed by atoms with van der Waals surface area (Å²) in [6.45, 7) is 4.15. The molecule has 130 valence electrons. The van der Waals surface area contributed by atoms with E-state index in [0.29, 0.717) is 6.04 Å². The first-order chi connectivity index (χ1) is 12.2. The number of imidazole rings is 1. The van der Waals surface area contributed by atoms with Crippen LogP contribution < -0.4 is 15.9 Å². The van der Waals surface area contributed by atoms with Gasteiger partial charge in [0, 0.05) is 31.4 Å². The summed E-state index contributed by atoms with van der Waals surface area (Å²) in [5.41, 5.74) is 2.72.